The van der Waals surface area contributed by atoms with Gasteiger partial charge in [0, 0.05) is 26.2 Å². The Balaban J connectivity index is 1.78. The molecule has 120 valence electrons. The van der Waals surface area contributed by atoms with Crippen LogP contribution in [0.25, 0.3) is 5.65 Å². The van der Waals surface area contributed by atoms with Crippen LogP contribution in [0.4, 0.5) is 5.82 Å². The van der Waals surface area contributed by atoms with Gasteiger partial charge in [-0.15, -0.1) is 0 Å². The van der Waals surface area contributed by atoms with Crippen molar-refractivity contribution in [2.75, 3.05) is 25.0 Å². The molecule has 2 aromatic heterocycles. The van der Waals surface area contributed by atoms with Crippen LogP contribution in [-0.4, -0.2) is 58.5 Å². The summed E-state index contributed by atoms with van der Waals surface area (Å²) in [7, 11) is -2.12. The van der Waals surface area contributed by atoms with Gasteiger partial charge >= 0.3 is 0 Å². The van der Waals surface area contributed by atoms with Crippen molar-refractivity contribution in [1.82, 2.24) is 23.9 Å². The van der Waals surface area contributed by atoms with Crippen LogP contribution in [0.2, 0.25) is 0 Å². The molecule has 1 fully saturated rings. The van der Waals surface area contributed by atoms with E-state index in [1.807, 2.05) is 13.1 Å². The molecule has 3 heterocycles. The molecule has 3 rings (SSSR count). The molecule has 0 atom stereocenters. The highest BCUT2D eigenvalue weighted by Gasteiger charge is 2.29. The van der Waals surface area contributed by atoms with Gasteiger partial charge in [0.2, 0.25) is 0 Å². The summed E-state index contributed by atoms with van der Waals surface area (Å²) in [6.45, 7) is 3.30. The first-order chi connectivity index (χ1) is 10.4. The minimum atomic E-state index is -3.64. The topological polar surface area (TPSA) is 110 Å². The number of nitrogens with two attached hydrogens (primary N) is 1. The second-order valence-electron chi connectivity index (χ2n) is 5.51. The van der Waals surface area contributed by atoms with Crippen molar-refractivity contribution < 1.29 is 8.42 Å². The van der Waals surface area contributed by atoms with Gasteiger partial charge in [-0.1, -0.05) is 0 Å². The SMILES string of the molecule is Cc1cn2ncnc(N3CCC(N(C)S(N)(=O)=O)CC3)c2n1. The van der Waals surface area contributed by atoms with Crippen molar-refractivity contribution in [3.63, 3.8) is 0 Å². The number of imidazole rings is 1. The first-order valence-corrected chi connectivity index (χ1v) is 8.54. The van der Waals surface area contributed by atoms with E-state index in [0.717, 1.165) is 17.2 Å². The summed E-state index contributed by atoms with van der Waals surface area (Å²) in [5.74, 6) is 0.778. The van der Waals surface area contributed by atoms with E-state index in [1.165, 1.54) is 17.7 Å². The Hall–Kier alpha value is -1.78. The molecular formula is C12H19N7O2S. The Morgan fingerprint density at radius 1 is 1.36 bits per heavy atom. The maximum atomic E-state index is 11.4. The lowest BCUT2D eigenvalue weighted by atomic mass is 10.1. The molecule has 1 aliphatic rings. The molecule has 2 N–H and O–H groups in total. The third kappa shape index (κ3) is 2.76. The highest BCUT2D eigenvalue weighted by atomic mass is 32.2. The van der Waals surface area contributed by atoms with Crippen molar-refractivity contribution >= 4 is 21.7 Å². The zero-order chi connectivity index (χ0) is 15.9. The monoisotopic (exact) mass is 325 g/mol. The van der Waals surface area contributed by atoms with Crippen LogP contribution in [0, 0.1) is 6.92 Å². The van der Waals surface area contributed by atoms with E-state index in [9.17, 15) is 8.42 Å². The van der Waals surface area contributed by atoms with Gasteiger partial charge in [-0.3, -0.25) is 0 Å². The quantitative estimate of drug-likeness (QED) is 0.817. The normalized spacial score (nSPS) is 17.5. The van der Waals surface area contributed by atoms with Gasteiger partial charge in [-0.2, -0.15) is 17.8 Å². The van der Waals surface area contributed by atoms with Crippen LogP contribution in [0.1, 0.15) is 18.5 Å². The molecule has 1 aliphatic heterocycles. The van der Waals surface area contributed by atoms with Crippen molar-refractivity contribution in [2.45, 2.75) is 25.8 Å². The molecule has 0 aliphatic carbocycles. The highest BCUT2D eigenvalue weighted by Crippen LogP contribution is 2.23. The molecule has 0 radical (unpaired) electrons. The van der Waals surface area contributed by atoms with Crippen molar-refractivity contribution in [3.05, 3.63) is 18.2 Å². The number of aromatic nitrogens is 4. The Labute approximate surface area is 128 Å². The summed E-state index contributed by atoms with van der Waals surface area (Å²) in [5.41, 5.74) is 1.60. The van der Waals surface area contributed by atoms with E-state index in [4.69, 9.17) is 5.14 Å². The fourth-order valence-electron chi connectivity index (χ4n) is 2.79. The summed E-state index contributed by atoms with van der Waals surface area (Å²) in [6.07, 6.45) is 4.75. The van der Waals surface area contributed by atoms with E-state index in [2.05, 4.69) is 20.0 Å². The molecule has 10 heteroatoms. The minimum Gasteiger partial charge on any atom is -0.353 e. The molecule has 0 unspecified atom stereocenters. The molecule has 9 nitrogen and oxygen atoms in total. The van der Waals surface area contributed by atoms with Crippen LogP contribution in [-0.2, 0) is 10.2 Å². The standard InChI is InChI=1S/C12H19N7O2S/c1-9-7-19-12(16-9)11(14-8-15-19)18-5-3-10(4-6-18)17(2)22(13,20)21/h7-8,10H,3-6H2,1-2H3,(H2,13,20,21). The number of anilines is 1. The zero-order valence-electron chi connectivity index (χ0n) is 12.5. The van der Waals surface area contributed by atoms with E-state index in [1.54, 1.807) is 4.52 Å². The average Bonchev–Trinajstić information content (AvgIpc) is 2.85. The molecule has 0 bridgehead atoms. The number of rotatable bonds is 3. The molecular weight excluding hydrogens is 306 g/mol. The van der Waals surface area contributed by atoms with Gasteiger partial charge in [0.1, 0.15) is 6.33 Å². The lowest BCUT2D eigenvalue weighted by Gasteiger charge is -2.35. The largest absolute Gasteiger partial charge is 0.353 e. The third-order valence-electron chi connectivity index (χ3n) is 4.04. The average molecular weight is 325 g/mol. The highest BCUT2D eigenvalue weighted by molar-refractivity contribution is 7.86. The smallest absolute Gasteiger partial charge is 0.276 e. The number of hydrogen-bond acceptors (Lipinski definition) is 6. The molecule has 1 saturated heterocycles. The zero-order valence-corrected chi connectivity index (χ0v) is 13.4. The summed E-state index contributed by atoms with van der Waals surface area (Å²) < 4.78 is 25.8. The second-order valence-corrected chi connectivity index (χ2v) is 7.12. The van der Waals surface area contributed by atoms with Gasteiger partial charge < -0.3 is 4.90 Å². The summed E-state index contributed by atoms with van der Waals surface area (Å²) in [6, 6.07) is -0.0782. The van der Waals surface area contributed by atoms with Crippen LogP contribution in [0.15, 0.2) is 12.5 Å². The van der Waals surface area contributed by atoms with Crippen LogP contribution in [0.3, 0.4) is 0 Å². The van der Waals surface area contributed by atoms with Crippen molar-refractivity contribution in [3.8, 4) is 0 Å². The summed E-state index contributed by atoms with van der Waals surface area (Å²) >= 11 is 0. The van der Waals surface area contributed by atoms with E-state index < -0.39 is 10.2 Å². The summed E-state index contributed by atoms with van der Waals surface area (Å²) in [5, 5.41) is 9.33. The van der Waals surface area contributed by atoms with Crippen LogP contribution < -0.4 is 10.0 Å². The van der Waals surface area contributed by atoms with Gasteiger partial charge in [0.15, 0.2) is 11.5 Å². The Kier molecular flexibility index (Phi) is 3.75. The number of aryl methyl sites for hydroxylation is 1. The number of fused-ring (bicyclic) bond motifs is 1. The molecule has 22 heavy (non-hydrogen) atoms. The maximum absolute atomic E-state index is 11.4. The first kappa shape index (κ1) is 15.1. The molecule has 0 saturated carbocycles. The summed E-state index contributed by atoms with van der Waals surface area (Å²) in [4.78, 5) is 10.9. The van der Waals surface area contributed by atoms with Gasteiger partial charge in [-0.05, 0) is 19.8 Å². The first-order valence-electron chi connectivity index (χ1n) is 7.04. The fraction of sp³-hybridized carbons (Fsp3) is 0.583. The maximum Gasteiger partial charge on any atom is 0.276 e. The third-order valence-corrected chi connectivity index (χ3v) is 5.15. The van der Waals surface area contributed by atoms with Crippen LogP contribution in [0.5, 0.6) is 0 Å². The number of piperidine rings is 1. The van der Waals surface area contributed by atoms with Crippen molar-refractivity contribution in [2.24, 2.45) is 5.14 Å². The molecule has 2 aromatic rings. The lowest BCUT2D eigenvalue weighted by Crippen LogP contribution is -2.47. The molecule has 0 spiro atoms. The van der Waals surface area contributed by atoms with Gasteiger partial charge in [0.25, 0.3) is 10.2 Å². The minimum absolute atomic E-state index is 0.0782. The van der Waals surface area contributed by atoms with E-state index in [-0.39, 0.29) is 6.04 Å². The van der Waals surface area contributed by atoms with Gasteiger partial charge in [-0.25, -0.2) is 19.6 Å². The Morgan fingerprint density at radius 2 is 2.05 bits per heavy atom. The second kappa shape index (κ2) is 5.45. The number of hydrogen-bond donors (Lipinski definition) is 1. The predicted molar refractivity (Wildman–Crippen MR) is 81.6 cm³/mol. The van der Waals surface area contributed by atoms with E-state index >= 15 is 0 Å². The lowest BCUT2D eigenvalue weighted by molar-refractivity contribution is 0.312. The van der Waals surface area contributed by atoms with E-state index in [0.29, 0.717) is 25.9 Å². The molecule has 0 aromatic carbocycles. The van der Waals surface area contributed by atoms with Gasteiger partial charge in [0.05, 0.1) is 11.9 Å². The van der Waals surface area contributed by atoms with Crippen LogP contribution >= 0.6 is 0 Å². The predicted octanol–water partition coefficient (Wildman–Crippen LogP) is -0.463. The van der Waals surface area contributed by atoms with Crippen molar-refractivity contribution in [1.29, 1.82) is 0 Å². The number of nitrogens with zero attached hydrogens (tertiary/aromatic N) is 6. The molecule has 0 amide bonds. The Morgan fingerprint density at radius 3 is 2.68 bits per heavy atom. The Bertz CT molecular complexity index is 780. The fourth-order valence-corrected chi connectivity index (χ4v) is 3.42.